The van der Waals surface area contributed by atoms with Crippen LogP contribution in [0.2, 0.25) is 0 Å². The first-order valence-electron chi connectivity index (χ1n) is 9.32. The molecule has 0 unspecified atom stereocenters. The number of methoxy groups -OCH3 is 3. The number of pyridine rings is 2. The third kappa shape index (κ3) is 3.43. The van der Waals surface area contributed by atoms with Gasteiger partial charge in [0.25, 0.3) is 0 Å². The zero-order valence-corrected chi connectivity index (χ0v) is 16.9. The molecule has 0 spiro atoms. The van der Waals surface area contributed by atoms with Crippen LogP contribution in [0.25, 0.3) is 22.2 Å². The van der Waals surface area contributed by atoms with Crippen molar-refractivity contribution in [2.75, 3.05) is 21.3 Å². The number of carbonyl (C=O) groups excluding carboxylic acids is 1. The smallest absolute Gasteiger partial charge is 0.211 e. The fourth-order valence-corrected chi connectivity index (χ4v) is 3.39. The quantitative estimate of drug-likeness (QED) is 0.442. The Morgan fingerprint density at radius 3 is 2.27 bits per heavy atom. The number of nitrogens with zero attached hydrogens (tertiary/aromatic N) is 2. The van der Waals surface area contributed by atoms with E-state index in [9.17, 15) is 4.79 Å². The highest BCUT2D eigenvalue weighted by Gasteiger charge is 2.19. The molecule has 2 aromatic heterocycles. The van der Waals surface area contributed by atoms with Crippen molar-refractivity contribution in [1.29, 1.82) is 0 Å². The summed E-state index contributed by atoms with van der Waals surface area (Å²) < 4.78 is 16.1. The van der Waals surface area contributed by atoms with E-state index in [1.165, 1.54) is 21.3 Å². The zero-order chi connectivity index (χ0) is 21.1. The van der Waals surface area contributed by atoms with E-state index in [0.717, 1.165) is 16.5 Å². The summed E-state index contributed by atoms with van der Waals surface area (Å²) in [7, 11) is 4.55. The predicted molar refractivity (Wildman–Crippen MR) is 115 cm³/mol. The molecule has 0 aliphatic rings. The molecule has 0 aliphatic carbocycles. The number of rotatable bonds is 6. The molecule has 6 nitrogen and oxygen atoms in total. The molecule has 0 radical (unpaired) electrons. The molecule has 30 heavy (non-hydrogen) atoms. The van der Waals surface area contributed by atoms with Gasteiger partial charge < -0.3 is 14.2 Å². The second kappa shape index (κ2) is 8.21. The maximum Gasteiger partial charge on any atom is 0.211 e. The lowest BCUT2D eigenvalue weighted by Crippen LogP contribution is -2.06. The monoisotopic (exact) mass is 400 g/mol. The number of hydrogen-bond acceptors (Lipinski definition) is 6. The minimum Gasteiger partial charge on any atom is -0.493 e. The Labute approximate surface area is 174 Å². The van der Waals surface area contributed by atoms with E-state index >= 15 is 0 Å². The van der Waals surface area contributed by atoms with Crippen molar-refractivity contribution in [2.24, 2.45) is 0 Å². The average molecular weight is 400 g/mol. The average Bonchev–Trinajstić information content (AvgIpc) is 2.82. The van der Waals surface area contributed by atoms with Crippen molar-refractivity contribution in [1.82, 2.24) is 9.97 Å². The summed E-state index contributed by atoms with van der Waals surface area (Å²) in [6.07, 6.45) is 1.74. The van der Waals surface area contributed by atoms with Crippen LogP contribution >= 0.6 is 0 Å². The first-order valence-corrected chi connectivity index (χ1v) is 9.32. The van der Waals surface area contributed by atoms with Gasteiger partial charge in [-0.05, 0) is 36.4 Å². The van der Waals surface area contributed by atoms with Crippen LogP contribution in [0, 0.1) is 0 Å². The highest BCUT2D eigenvalue weighted by Crippen LogP contribution is 2.38. The van der Waals surface area contributed by atoms with E-state index in [2.05, 4.69) is 9.97 Å². The first-order chi connectivity index (χ1) is 14.7. The summed E-state index contributed by atoms with van der Waals surface area (Å²) in [4.78, 5) is 22.2. The summed E-state index contributed by atoms with van der Waals surface area (Å²) in [5, 5.41) is 0.977. The van der Waals surface area contributed by atoms with Crippen molar-refractivity contribution in [3.63, 3.8) is 0 Å². The van der Waals surface area contributed by atoms with Crippen LogP contribution < -0.4 is 14.2 Å². The fourth-order valence-electron chi connectivity index (χ4n) is 3.39. The topological polar surface area (TPSA) is 70.5 Å². The lowest BCUT2D eigenvalue weighted by molar-refractivity contribution is 0.103. The molecule has 0 fully saturated rings. The van der Waals surface area contributed by atoms with Crippen molar-refractivity contribution in [3.05, 3.63) is 78.1 Å². The molecule has 2 heterocycles. The number of ketones is 1. The van der Waals surface area contributed by atoms with Crippen molar-refractivity contribution in [3.8, 4) is 28.5 Å². The Hall–Kier alpha value is -3.93. The normalized spacial score (nSPS) is 10.6. The van der Waals surface area contributed by atoms with Gasteiger partial charge in [-0.25, -0.2) is 4.98 Å². The zero-order valence-electron chi connectivity index (χ0n) is 16.9. The molecule has 0 aliphatic heterocycles. The van der Waals surface area contributed by atoms with E-state index < -0.39 is 0 Å². The maximum absolute atomic E-state index is 13.2. The van der Waals surface area contributed by atoms with Crippen molar-refractivity contribution in [2.45, 2.75) is 0 Å². The third-order valence-corrected chi connectivity index (χ3v) is 4.83. The number of benzene rings is 2. The summed E-state index contributed by atoms with van der Waals surface area (Å²) >= 11 is 0. The number of carbonyl (C=O) groups is 1. The number of hydrogen-bond donors (Lipinski definition) is 0. The van der Waals surface area contributed by atoms with Crippen LogP contribution in [0.5, 0.6) is 17.2 Å². The number of ether oxygens (including phenoxy) is 3. The Bertz CT molecular complexity index is 1210. The van der Waals surface area contributed by atoms with Crippen molar-refractivity contribution < 1.29 is 19.0 Å². The van der Waals surface area contributed by atoms with Gasteiger partial charge in [0, 0.05) is 22.7 Å². The molecule has 4 aromatic rings. The fraction of sp³-hybridized carbons (Fsp3) is 0.125. The van der Waals surface area contributed by atoms with Crippen LogP contribution in [-0.2, 0) is 0 Å². The largest absolute Gasteiger partial charge is 0.493 e. The van der Waals surface area contributed by atoms with Gasteiger partial charge in [-0.3, -0.25) is 9.78 Å². The molecule has 0 saturated carbocycles. The molecular weight excluding hydrogens is 380 g/mol. The van der Waals surface area contributed by atoms with Gasteiger partial charge in [-0.15, -0.1) is 0 Å². The van der Waals surface area contributed by atoms with E-state index in [-0.39, 0.29) is 5.78 Å². The highest BCUT2D eigenvalue weighted by atomic mass is 16.5. The summed E-state index contributed by atoms with van der Waals surface area (Å²) in [5.74, 6) is 1.02. The number of aromatic nitrogens is 2. The highest BCUT2D eigenvalue weighted by molar-refractivity contribution is 6.09. The van der Waals surface area contributed by atoms with E-state index in [1.807, 2.05) is 42.5 Å². The molecule has 150 valence electrons. The maximum atomic E-state index is 13.2. The number of para-hydroxylation sites is 1. The van der Waals surface area contributed by atoms with Crippen LogP contribution in [-0.4, -0.2) is 37.1 Å². The molecule has 0 atom stereocenters. The standard InChI is InChI=1S/C24H20N2O4/c1-28-21-13-15(14-22(29-2)24(21)30-3)23(27)20-10-6-9-19(26-20)17-11-12-25-18-8-5-4-7-16(17)18/h4-14H,1-3H3. The Morgan fingerprint density at radius 1 is 0.833 bits per heavy atom. The van der Waals surface area contributed by atoms with Crippen LogP contribution in [0.15, 0.2) is 66.9 Å². The summed E-state index contributed by atoms with van der Waals surface area (Å²) in [6.45, 7) is 0. The van der Waals surface area contributed by atoms with Gasteiger partial charge in [0.05, 0.1) is 32.5 Å². The van der Waals surface area contributed by atoms with Crippen LogP contribution in [0.3, 0.4) is 0 Å². The van der Waals surface area contributed by atoms with Gasteiger partial charge in [0.15, 0.2) is 11.5 Å². The Morgan fingerprint density at radius 2 is 1.57 bits per heavy atom. The van der Waals surface area contributed by atoms with E-state index in [4.69, 9.17) is 14.2 Å². The van der Waals surface area contributed by atoms with Crippen LogP contribution in [0.4, 0.5) is 0 Å². The minimum atomic E-state index is -0.241. The van der Waals surface area contributed by atoms with E-state index in [0.29, 0.717) is 34.2 Å². The van der Waals surface area contributed by atoms with Crippen LogP contribution in [0.1, 0.15) is 16.1 Å². The van der Waals surface area contributed by atoms with Gasteiger partial charge in [-0.2, -0.15) is 0 Å². The van der Waals surface area contributed by atoms with Gasteiger partial charge >= 0.3 is 0 Å². The second-order valence-electron chi connectivity index (χ2n) is 6.53. The summed E-state index contributed by atoms with van der Waals surface area (Å²) in [5.41, 5.74) is 3.21. The Kier molecular flexibility index (Phi) is 5.30. The van der Waals surface area contributed by atoms with Gasteiger partial charge in [-0.1, -0.05) is 24.3 Å². The number of fused-ring (bicyclic) bond motifs is 1. The molecule has 0 amide bonds. The molecule has 4 rings (SSSR count). The SMILES string of the molecule is COc1cc(C(=O)c2cccc(-c3ccnc4ccccc34)n2)cc(OC)c1OC. The summed E-state index contributed by atoms with van der Waals surface area (Å²) in [6, 6.07) is 18.4. The predicted octanol–water partition coefficient (Wildman–Crippen LogP) is 4.55. The molecule has 2 aromatic carbocycles. The van der Waals surface area contributed by atoms with E-state index in [1.54, 1.807) is 24.4 Å². The van der Waals surface area contributed by atoms with Crippen molar-refractivity contribution >= 4 is 16.7 Å². The third-order valence-electron chi connectivity index (χ3n) is 4.83. The first kappa shape index (κ1) is 19.4. The molecule has 0 bridgehead atoms. The minimum absolute atomic E-state index is 0.241. The lowest BCUT2D eigenvalue weighted by Gasteiger charge is -2.14. The molecule has 0 N–H and O–H groups in total. The lowest BCUT2D eigenvalue weighted by atomic mass is 10.0. The Balaban J connectivity index is 1.79. The van der Waals surface area contributed by atoms with Gasteiger partial charge in [0.2, 0.25) is 11.5 Å². The molecule has 0 saturated heterocycles. The second-order valence-corrected chi connectivity index (χ2v) is 6.53. The molecule has 6 heteroatoms. The van der Waals surface area contributed by atoms with Gasteiger partial charge in [0.1, 0.15) is 5.69 Å². The molecular formula is C24H20N2O4.